The number of hydrogen-bond acceptors (Lipinski definition) is 4. The summed E-state index contributed by atoms with van der Waals surface area (Å²) in [5.74, 6) is -1.71. The second kappa shape index (κ2) is 8.22. The minimum atomic E-state index is -0.903. The number of H-pyrrole nitrogens is 1. The largest absolute Gasteiger partial charge is 0.481 e. The molecule has 3 N–H and O–H groups in total. The second-order valence-corrected chi connectivity index (χ2v) is 10.4. The van der Waals surface area contributed by atoms with Crippen LogP contribution in [0.4, 0.5) is 0 Å². The van der Waals surface area contributed by atoms with E-state index in [1.165, 1.54) is 10.9 Å². The van der Waals surface area contributed by atoms with E-state index in [4.69, 9.17) is 4.74 Å². The molecule has 0 amide bonds. The summed E-state index contributed by atoms with van der Waals surface area (Å²) in [6.45, 7) is 2.22. The number of aliphatic hydroxyl groups is 1. The van der Waals surface area contributed by atoms with Gasteiger partial charge in [-0.15, -0.1) is 0 Å². The molecule has 0 radical (unpaired) electrons. The fourth-order valence-electron chi connectivity index (χ4n) is 6.95. The molecule has 1 fully saturated rings. The number of carboxylic acids is 1. The number of carboxylic acid groups (broad SMARTS) is 1. The zero-order chi connectivity index (χ0) is 23.4. The molecule has 178 valence electrons. The zero-order valence-corrected chi connectivity index (χ0v) is 19.5. The van der Waals surface area contributed by atoms with E-state index < -0.39 is 23.6 Å². The Morgan fingerprint density at radius 3 is 2.79 bits per heavy atom. The molecule has 1 aromatic heterocycles. The Hall–Kier alpha value is -2.67. The number of likely N-dealkylation sites (N-methyl/N-ethyl adjacent to an activating group) is 1. The van der Waals surface area contributed by atoms with Crippen LogP contribution in [0.5, 0.6) is 0 Å². The Bertz CT molecular complexity index is 1240. The Balaban J connectivity index is 1.60. The predicted molar refractivity (Wildman–Crippen MR) is 129 cm³/mol. The number of aromatic nitrogens is 1. The van der Waals surface area contributed by atoms with Crippen molar-refractivity contribution in [1.82, 2.24) is 9.88 Å². The number of fused-ring (bicyclic) bond motifs is 7. The number of aliphatic carboxylic acids is 1. The second-order valence-electron chi connectivity index (χ2n) is 10.4. The first-order chi connectivity index (χ1) is 16.5. The van der Waals surface area contributed by atoms with Crippen molar-refractivity contribution in [3.05, 3.63) is 70.9 Å². The molecule has 5 atom stereocenters. The summed E-state index contributed by atoms with van der Waals surface area (Å²) < 4.78 is 6.76. The molecule has 3 aliphatic rings. The lowest BCUT2D eigenvalue weighted by atomic mass is 9.64. The molecule has 3 heterocycles. The SMILES string of the molecule is CN1CCc2c([nH]c3ccccc23)C2(C[C@@H]3C(C(=O)O)[C@@H](O)CC[C@H]3C1)OCc1ccccc12. The number of carbonyl (C=O) groups is 1. The number of ether oxygens (including phenoxy) is 1. The summed E-state index contributed by atoms with van der Waals surface area (Å²) in [4.78, 5) is 18.5. The number of nitrogens with one attached hydrogen (secondary N) is 1. The van der Waals surface area contributed by atoms with Crippen LogP contribution in [-0.2, 0) is 28.2 Å². The Labute approximate surface area is 199 Å². The van der Waals surface area contributed by atoms with E-state index >= 15 is 0 Å². The lowest BCUT2D eigenvalue weighted by Gasteiger charge is -2.45. The maximum absolute atomic E-state index is 12.5. The number of para-hydroxylation sites is 1. The van der Waals surface area contributed by atoms with E-state index in [1.54, 1.807) is 0 Å². The van der Waals surface area contributed by atoms with E-state index in [2.05, 4.69) is 47.3 Å². The van der Waals surface area contributed by atoms with Crippen molar-refractivity contribution in [3.8, 4) is 0 Å². The monoisotopic (exact) mass is 460 g/mol. The van der Waals surface area contributed by atoms with Gasteiger partial charge in [0.05, 0.1) is 24.3 Å². The van der Waals surface area contributed by atoms with Crippen molar-refractivity contribution in [3.63, 3.8) is 0 Å². The first kappa shape index (κ1) is 21.8. The highest BCUT2D eigenvalue weighted by molar-refractivity contribution is 5.85. The van der Waals surface area contributed by atoms with Gasteiger partial charge >= 0.3 is 5.97 Å². The lowest BCUT2D eigenvalue weighted by molar-refractivity contribution is -0.156. The molecule has 1 saturated carbocycles. The number of nitrogens with zero attached hydrogens (tertiary/aromatic N) is 1. The first-order valence-electron chi connectivity index (χ1n) is 12.4. The van der Waals surface area contributed by atoms with E-state index in [9.17, 15) is 15.0 Å². The molecule has 0 bridgehead atoms. The molecular weight excluding hydrogens is 428 g/mol. The summed E-state index contributed by atoms with van der Waals surface area (Å²) in [6, 6.07) is 16.7. The molecule has 0 saturated heterocycles. The van der Waals surface area contributed by atoms with Gasteiger partial charge in [-0.1, -0.05) is 42.5 Å². The normalized spacial score (nSPS) is 31.7. The quantitative estimate of drug-likeness (QED) is 0.513. The van der Waals surface area contributed by atoms with Gasteiger partial charge in [-0.2, -0.15) is 0 Å². The molecular formula is C28H32N2O4. The summed E-state index contributed by atoms with van der Waals surface area (Å²) in [5.41, 5.74) is 4.91. The highest BCUT2D eigenvalue weighted by atomic mass is 16.5. The van der Waals surface area contributed by atoms with Crippen LogP contribution in [0.3, 0.4) is 0 Å². The van der Waals surface area contributed by atoms with Gasteiger partial charge in [0.2, 0.25) is 0 Å². The number of aromatic amines is 1. The van der Waals surface area contributed by atoms with Crippen molar-refractivity contribution >= 4 is 16.9 Å². The van der Waals surface area contributed by atoms with Gasteiger partial charge in [0, 0.05) is 24.0 Å². The van der Waals surface area contributed by atoms with Crippen molar-refractivity contribution < 1.29 is 19.7 Å². The standard InChI is InChI=1S/C28H32N2O4/c1-30-13-12-20-19-7-3-5-9-23(19)29-26(20)28(22-8-4-2-6-18(22)16-34-28)14-21-17(15-30)10-11-24(31)25(21)27(32)33/h2-9,17,21,24-25,29,31H,10-16H2,1H3,(H,32,33)/t17-,21-,24-,25?,28?/m0/s1. The average molecular weight is 461 g/mol. The predicted octanol–water partition coefficient (Wildman–Crippen LogP) is 3.91. The van der Waals surface area contributed by atoms with Crippen LogP contribution in [0.15, 0.2) is 48.5 Å². The molecule has 6 nitrogen and oxygen atoms in total. The van der Waals surface area contributed by atoms with E-state index in [0.717, 1.165) is 48.3 Å². The van der Waals surface area contributed by atoms with Gasteiger partial charge in [-0.25, -0.2) is 0 Å². The van der Waals surface area contributed by atoms with E-state index in [-0.39, 0.29) is 11.8 Å². The third-order valence-electron chi connectivity index (χ3n) is 8.56. The molecule has 6 rings (SSSR count). The summed E-state index contributed by atoms with van der Waals surface area (Å²) >= 11 is 0. The maximum atomic E-state index is 12.5. The van der Waals surface area contributed by atoms with Crippen LogP contribution in [0, 0.1) is 17.8 Å². The minimum Gasteiger partial charge on any atom is -0.481 e. The molecule has 6 heteroatoms. The molecule has 2 unspecified atom stereocenters. The molecule has 2 aliphatic heterocycles. The van der Waals surface area contributed by atoms with Crippen molar-refractivity contribution in [2.24, 2.45) is 17.8 Å². The molecule has 1 aliphatic carbocycles. The summed E-state index contributed by atoms with van der Waals surface area (Å²) in [5, 5.41) is 22.2. The third kappa shape index (κ3) is 3.31. The van der Waals surface area contributed by atoms with Crippen LogP contribution in [0.25, 0.3) is 10.9 Å². The Morgan fingerprint density at radius 2 is 1.94 bits per heavy atom. The maximum Gasteiger partial charge on any atom is 0.309 e. The fraction of sp³-hybridized carbons (Fsp3) is 0.464. The molecule has 3 aromatic rings. The Morgan fingerprint density at radius 1 is 1.15 bits per heavy atom. The van der Waals surface area contributed by atoms with E-state index in [0.29, 0.717) is 19.4 Å². The molecule has 34 heavy (non-hydrogen) atoms. The third-order valence-corrected chi connectivity index (χ3v) is 8.56. The summed E-state index contributed by atoms with van der Waals surface area (Å²) in [6.07, 6.45) is 1.97. The topological polar surface area (TPSA) is 85.8 Å². The van der Waals surface area contributed by atoms with Crippen molar-refractivity contribution in [2.45, 2.75) is 44.0 Å². The van der Waals surface area contributed by atoms with Gasteiger partial charge in [0.25, 0.3) is 0 Å². The highest BCUT2D eigenvalue weighted by Crippen LogP contribution is 2.52. The van der Waals surface area contributed by atoms with Crippen molar-refractivity contribution in [1.29, 1.82) is 0 Å². The molecule has 2 aromatic carbocycles. The average Bonchev–Trinajstić information content (AvgIpc) is 3.38. The number of aliphatic hydroxyl groups excluding tert-OH is 1. The van der Waals surface area contributed by atoms with E-state index in [1.807, 2.05) is 18.2 Å². The number of rotatable bonds is 1. The Kier molecular flexibility index (Phi) is 5.28. The van der Waals surface area contributed by atoms with Crippen molar-refractivity contribution in [2.75, 3.05) is 20.1 Å². The van der Waals surface area contributed by atoms with Gasteiger partial charge < -0.3 is 24.8 Å². The van der Waals surface area contributed by atoms with Gasteiger partial charge in [0.1, 0.15) is 5.60 Å². The molecule has 1 spiro atoms. The number of benzene rings is 2. The van der Waals surface area contributed by atoms with Gasteiger partial charge in [-0.05, 0) is 67.3 Å². The van der Waals surface area contributed by atoms with Crippen LogP contribution in [0.2, 0.25) is 0 Å². The van der Waals surface area contributed by atoms with Gasteiger partial charge in [-0.3, -0.25) is 4.79 Å². The smallest absolute Gasteiger partial charge is 0.309 e. The lowest BCUT2D eigenvalue weighted by Crippen LogP contribution is -2.49. The minimum absolute atomic E-state index is 0.189. The zero-order valence-electron chi connectivity index (χ0n) is 19.5. The van der Waals surface area contributed by atoms with Crippen LogP contribution >= 0.6 is 0 Å². The number of hydrogen-bond donors (Lipinski definition) is 3. The summed E-state index contributed by atoms with van der Waals surface area (Å²) in [7, 11) is 2.13. The van der Waals surface area contributed by atoms with Crippen LogP contribution in [0.1, 0.15) is 41.6 Å². The van der Waals surface area contributed by atoms with Gasteiger partial charge in [0.15, 0.2) is 0 Å². The highest BCUT2D eigenvalue weighted by Gasteiger charge is 2.52. The fourth-order valence-corrected chi connectivity index (χ4v) is 6.95. The first-order valence-corrected chi connectivity index (χ1v) is 12.4. The van der Waals surface area contributed by atoms with Crippen LogP contribution in [-0.4, -0.2) is 52.3 Å². The van der Waals surface area contributed by atoms with Crippen LogP contribution < -0.4 is 0 Å².